The molecule has 0 unspecified atom stereocenters. The van der Waals surface area contributed by atoms with Crippen LogP contribution in [-0.4, -0.2) is 27.9 Å². The Labute approximate surface area is 171 Å². The fraction of sp³-hybridized carbons (Fsp3) is 0.381. The van der Waals surface area contributed by atoms with Gasteiger partial charge in [0.2, 0.25) is 0 Å². The number of thioether (sulfide) groups is 1. The highest BCUT2D eigenvalue weighted by Gasteiger charge is 2.26. The van der Waals surface area contributed by atoms with Gasteiger partial charge in [-0.05, 0) is 49.8 Å². The van der Waals surface area contributed by atoms with E-state index in [0.29, 0.717) is 17.7 Å². The topological polar surface area (TPSA) is 61.2 Å². The van der Waals surface area contributed by atoms with Gasteiger partial charge in [0.15, 0.2) is 5.16 Å². The molecule has 0 saturated heterocycles. The van der Waals surface area contributed by atoms with Crippen molar-refractivity contribution < 1.29 is 9.53 Å². The molecule has 0 saturated carbocycles. The van der Waals surface area contributed by atoms with Crippen molar-refractivity contribution in [3.05, 3.63) is 51.1 Å². The first kappa shape index (κ1) is 19.2. The van der Waals surface area contributed by atoms with Crippen molar-refractivity contribution in [2.45, 2.75) is 44.2 Å². The zero-order valence-electron chi connectivity index (χ0n) is 15.9. The van der Waals surface area contributed by atoms with Crippen molar-refractivity contribution in [3.63, 3.8) is 0 Å². The lowest BCUT2D eigenvalue weighted by Crippen LogP contribution is -2.23. The molecule has 0 N–H and O–H groups in total. The zero-order chi connectivity index (χ0) is 19.7. The normalized spacial score (nSPS) is 16.1. The van der Waals surface area contributed by atoms with Crippen LogP contribution in [0.2, 0.25) is 0 Å². The maximum Gasteiger partial charge on any atom is 0.316 e. The highest BCUT2D eigenvalue weighted by molar-refractivity contribution is 7.99. The molecule has 2 heterocycles. The van der Waals surface area contributed by atoms with E-state index in [2.05, 4.69) is 6.92 Å². The molecular formula is C21H22N2O3S2. The van der Waals surface area contributed by atoms with Gasteiger partial charge in [-0.3, -0.25) is 14.2 Å². The number of aromatic nitrogens is 2. The van der Waals surface area contributed by atoms with Crippen molar-refractivity contribution in [3.8, 4) is 5.69 Å². The van der Waals surface area contributed by atoms with E-state index in [1.165, 1.54) is 22.2 Å². The molecule has 0 bridgehead atoms. The number of aryl methyl sites for hydroxylation is 1. The second-order valence-corrected chi connectivity index (χ2v) is 8.90. The first-order chi connectivity index (χ1) is 13.6. The number of fused-ring (bicyclic) bond motifs is 3. The van der Waals surface area contributed by atoms with E-state index in [1.54, 1.807) is 22.8 Å². The molecule has 0 radical (unpaired) electrons. The van der Waals surface area contributed by atoms with Crippen molar-refractivity contribution in [2.24, 2.45) is 0 Å². The number of benzene rings is 1. The van der Waals surface area contributed by atoms with E-state index in [1.807, 2.05) is 30.3 Å². The lowest BCUT2D eigenvalue weighted by molar-refractivity contribution is -0.139. The molecule has 1 aromatic carbocycles. The monoisotopic (exact) mass is 414 g/mol. The Morgan fingerprint density at radius 3 is 2.89 bits per heavy atom. The minimum Gasteiger partial charge on any atom is -0.465 e. The molecule has 7 heteroatoms. The second-order valence-electron chi connectivity index (χ2n) is 6.88. The van der Waals surface area contributed by atoms with Crippen molar-refractivity contribution in [1.29, 1.82) is 0 Å². The number of carbonyl (C=O) groups excluding carboxylic acids is 1. The average Bonchev–Trinajstić information content (AvgIpc) is 3.07. The zero-order valence-corrected chi connectivity index (χ0v) is 17.6. The molecule has 5 nitrogen and oxygen atoms in total. The highest BCUT2D eigenvalue weighted by atomic mass is 32.2. The maximum atomic E-state index is 13.6. The number of rotatable bonds is 5. The van der Waals surface area contributed by atoms with Crippen LogP contribution >= 0.6 is 23.1 Å². The SMILES string of the molecule is CCOC(=O)CSc1nc2sc3c(c2c(=O)n1-c1ccccc1)[C@@H](C)CCC3. The molecule has 0 fully saturated rings. The summed E-state index contributed by atoms with van der Waals surface area (Å²) in [6, 6.07) is 9.51. The van der Waals surface area contributed by atoms with Crippen LogP contribution in [0.1, 0.15) is 43.0 Å². The molecule has 1 aliphatic carbocycles. The molecule has 4 rings (SSSR count). The fourth-order valence-electron chi connectivity index (χ4n) is 3.75. The van der Waals surface area contributed by atoms with Gasteiger partial charge < -0.3 is 4.74 Å². The minimum absolute atomic E-state index is 0.0474. The van der Waals surface area contributed by atoms with Crippen LogP contribution in [0.5, 0.6) is 0 Å². The molecule has 0 amide bonds. The molecule has 28 heavy (non-hydrogen) atoms. The third kappa shape index (κ3) is 3.49. The third-order valence-corrected chi connectivity index (χ3v) is 7.05. The lowest BCUT2D eigenvalue weighted by atomic mass is 9.88. The predicted octanol–water partition coefficient (Wildman–Crippen LogP) is 4.54. The summed E-state index contributed by atoms with van der Waals surface area (Å²) in [5, 5.41) is 1.28. The van der Waals surface area contributed by atoms with Gasteiger partial charge in [-0.1, -0.05) is 36.9 Å². The second kappa shape index (κ2) is 8.09. The first-order valence-electron chi connectivity index (χ1n) is 9.52. The molecule has 146 valence electrons. The van der Waals surface area contributed by atoms with Crippen LogP contribution in [-0.2, 0) is 16.0 Å². The summed E-state index contributed by atoms with van der Waals surface area (Å²) in [5.74, 6) is 0.190. The number of esters is 1. The molecule has 2 aromatic heterocycles. The van der Waals surface area contributed by atoms with E-state index < -0.39 is 0 Å². The van der Waals surface area contributed by atoms with Gasteiger partial charge in [0.05, 0.1) is 23.4 Å². The minimum atomic E-state index is -0.305. The van der Waals surface area contributed by atoms with E-state index in [0.717, 1.165) is 35.2 Å². The highest BCUT2D eigenvalue weighted by Crippen LogP contribution is 2.40. The van der Waals surface area contributed by atoms with Crippen LogP contribution in [0.25, 0.3) is 15.9 Å². The van der Waals surface area contributed by atoms with Crippen molar-refractivity contribution in [2.75, 3.05) is 12.4 Å². The Bertz CT molecular complexity index is 1070. The Hall–Kier alpha value is -2.12. The molecular weight excluding hydrogens is 392 g/mol. The summed E-state index contributed by atoms with van der Waals surface area (Å²) in [6.45, 7) is 4.32. The number of ether oxygens (including phenoxy) is 1. The summed E-state index contributed by atoms with van der Waals surface area (Å²) in [7, 11) is 0. The fourth-order valence-corrected chi connectivity index (χ4v) is 5.93. The molecule has 1 atom stereocenters. The summed E-state index contributed by atoms with van der Waals surface area (Å²) >= 11 is 2.88. The Morgan fingerprint density at radius 2 is 2.14 bits per heavy atom. The Morgan fingerprint density at radius 1 is 1.36 bits per heavy atom. The summed E-state index contributed by atoms with van der Waals surface area (Å²) < 4.78 is 6.67. The van der Waals surface area contributed by atoms with Gasteiger partial charge in [0.25, 0.3) is 5.56 Å². The molecule has 0 spiro atoms. The average molecular weight is 415 g/mol. The number of nitrogens with zero attached hydrogens (tertiary/aromatic N) is 2. The van der Waals surface area contributed by atoms with E-state index >= 15 is 0 Å². The van der Waals surface area contributed by atoms with Gasteiger partial charge in [0, 0.05) is 4.88 Å². The Kier molecular flexibility index (Phi) is 5.55. The van der Waals surface area contributed by atoms with Crippen molar-refractivity contribution in [1.82, 2.24) is 9.55 Å². The van der Waals surface area contributed by atoms with Gasteiger partial charge in [-0.25, -0.2) is 4.98 Å². The van der Waals surface area contributed by atoms with E-state index in [9.17, 15) is 9.59 Å². The van der Waals surface area contributed by atoms with E-state index in [4.69, 9.17) is 9.72 Å². The van der Waals surface area contributed by atoms with E-state index in [-0.39, 0.29) is 17.3 Å². The van der Waals surface area contributed by atoms with Gasteiger partial charge in [-0.2, -0.15) is 0 Å². The quantitative estimate of drug-likeness (QED) is 0.348. The smallest absolute Gasteiger partial charge is 0.316 e. The lowest BCUT2D eigenvalue weighted by Gasteiger charge is -2.19. The number of hydrogen-bond acceptors (Lipinski definition) is 6. The largest absolute Gasteiger partial charge is 0.465 e. The van der Waals surface area contributed by atoms with Crippen LogP contribution in [0, 0.1) is 0 Å². The summed E-state index contributed by atoms with van der Waals surface area (Å²) in [6.07, 6.45) is 3.26. The number of para-hydroxylation sites is 1. The van der Waals surface area contributed by atoms with Crippen molar-refractivity contribution >= 4 is 39.3 Å². The molecule has 1 aliphatic rings. The summed E-state index contributed by atoms with van der Waals surface area (Å²) in [4.78, 5) is 32.3. The van der Waals surface area contributed by atoms with Gasteiger partial charge >= 0.3 is 5.97 Å². The van der Waals surface area contributed by atoms with Gasteiger partial charge in [-0.15, -0.1) is 11.3 Å². The Balaban J connectivity index is 1.90. The molecule has 3 aromatic rings. The van der Waals surface area contributed by atoms with Crippen LogP contribution in [0.4, 0.5) is 0 Å². The first-order valence-corrected chi connectivity index (χ1v) is 11.3. The predicted molar refractivity (Wildman–Crippen MR) is 114 cm³/mol. The maximum absolute atomic E-state index is 13.6. The standard InChI is InChI=1S/C21H22N2O3S2/c1-3-26-16(24)12-27-21-22-19-18(17-13(2)8-7-11-15(17)28-19)20(25)23(21)14-9-5-4-6-10-14/h4-6,9-10,13H,3,7-8,11-12H2,1-2H3/t13-/m0/s1. The van der Waals surface area contributed by atoms with Gasteiger partial charge in [0.1, 0.15) is 4.83 Å². The summed E-state index contributed by atoms with van der Waals surface area (Å²) in [5.41, 5.74) is 1.89. The van der Waals surface area contributed by atoms with Crippen LogP contribution in [0.3, 0.4) is 0 Å². The third-order valence-electron chi connectivity index (χ3n) is 4.98. The number of hydrogen-bond donors (Lipinski definition) is 0. The van der Waals surface area contributed by atoms with Crippen LogP contribution < -0.4 is 5.56 Å². The number of carbonyl (C=O) groups is 1. The molecule has 0 aliphatic heterocycles. The van der Waals surface area contributed by atoms with Crippen LogP contribution in [0.15, 0.2) is 40.3 Å². The number of thiophene rings is 1.